The molecule has 0 bridgehead atoms. The van der Waals surface area contributed by atoms with E-state index in [1.807, 2.05) is 0 Å². The zero-order chi connectivity index (χ0) is 13.8. The summed E-state index contributed by atoms with van der Waals surface area (Å²) >= 11 is 6.00. The number of carboxylic acid groups (broad SMARTS) is 1. The summed E-state index contributed by atoms with van der Waals surface area (Å²) in [5.74, 6) is -0.471. The highest BCUT2D eigenvalue weighted by molar-refractivity contribution is 6.32. The van der Waals surface area contributed by atoms with Crippen molar-refractivity contribution in [1.82, 2.24) is 4.98 Å². The minimum Gasteiger partial charge on any atom is -0.495 e. The Hall–Kier alpha value is -2.27. The molecule has 0 aliphatic carbocycles. The molecule has 6 heteroatoms. The molecule has 0 radical (unpaired) electrons. The van der Waals surface area contributed by atoms with E-state index in [1.54, 1.807) is 18.2 Å². The van der Waals surface area contributed by atoms with Gasteiger partial charge in [0, 0.05) is 11.9 Å². The quantitative estimate of drug-likeness (QED) is 0.899. The summed E-state index contributed by atoms with van der Waals surface area (Å²) in [6.07, 6.45) is 2.87. The number of aromatic carboxylic acids is 1. The third kappa shape index (κ3) is 2.95. The van der Waals surface area contributed by atoms with Crippen LogP contribution in [0, 0.1) is 0 Å². The number of hydrogen-bond donors (Lipinski definition) is 2. The summed E-state index contributed by atoms with van der Waals surface area (Å²) in [5.41, 5.74) is 1.19. The lowest BCUT2D eigenvalue weighted by Crippen LogP contribution is -2.03. The van der Waals surface area contributed by atoms with Crippen molar-refractivity contribution in [2.75, 3.05) is 12.4 Å². The summed E-state index contributed by atoms with van der Waals surface area (Å²) in [7, 11) is 1.53. The molecule has 5 nitrogen and oxygen atoms in total. The summed E-state index contributed by atoms with van der Waals surface area (Å²) < 4.78 is 5.05. The van der Waals surface area contributed by atoms with Crippen molar-refractivity contribution in [2.45, 2.75) is 0 Å². The number of hydrogen-bond acceptors (Lipinski definition) is 4. The number of carboxylic acids is 1. The maximum Gasteiger partial charge on any atom is 0.337 e. The SMILES string of the molecule is COc1ccc(Nc2cnccc2C(=O)O)cc1Cl. The first-order chi connectivity index (χ1) is 9.11. The molecule has 0 fully saturated rings. The van der Waals surface area contributed by atoms with Crippen molar-refractivity contribution < 1.29 is 14.6 Å². The highest BCUT2D eigenvalue weighted by Gasteiger charge is 2.10. The van der Waals surface area contributed by atoms with Crippen LogP contribution >= 0.6 is 11.6 Å². The van der Waals surface area contributed by atoms with E-state index in [-0.39, 0.29) is 5.56 Å². The van der Waals surface area contributed by atoms with Crippen LogP contribution in [-0.2, 0) is 0 Å². The molecule has 0 atom stereocenters. The molecule has 1 aromatic heterocycles. The van der Waals surface area contributed by atoms with E-state index < -0.39 is 5.97 Å². The summed E-state index contributed by atoms with van der Waals surface area (Å²) in [5, 5.41) is 12.5. The van der Waals surface area contributed by atoms with Crippen molar-refractivity contribution in [3.05, 3.63) is 47.2 Å². The van der Waals surface area contributed by atoms with E-state index in [1.165, 1.54) is 25.6 Å². The number of nitrogens with zero attached hydrogens (tertiary/aromatic N) is 1. The highest BCUT2D eigenvalue weighted by atomic mass is 35.5. The molecule has 0 saturated heterocycles. The summed E-state index contributed by atoms with van der Waals surface area (Å²) in [4.78, 5) is 15.0. The Labute approximate surface area is 114 Å². The van der Waals surface area contributed by atoms with Crippen molar-refractivity contribution in [3.8, 4) is 5.75 Å². The van der Waals surface area contributed by atoms with E-state index in [2.05, 4.69) is 10.3 Å². The predicted molar refractivity (Wildman–Crippen MR) is 72.5 cm³/mol. The number of anilines is 2. The fourth-order valence-corrected chi connectivity index (χ4v) is 1.84. The molecule has 2 rings (SSSR count). The number of halogens is 1. The lowest BCUT2D eigenvalue weighted by molar-refractivity contribution is 0.0698. The molecule has 98 valence electrons. The van der Waals surface area contributed by atoms with Crippen LogP contribution in [0.5, 0.6) is 5.75 Å². The number of methoxy groups -OCH3 is 1. The van der Waals surface area contributed by atoms with Gasteiger partial charge in [-0.1, -0.05) is 11.6 Å². The van der Waals surface area contributed by atoms with Gasteiger partial charge in [-0.05, 0) is 24.3 Å². The number of carbonyl (C=O) groups is 1. The topological polar surface area (TPSA) is 71.5 Å². The second kappa shape index (κ2) is 5.58. The smallest absolute Gasteiger partial charge is 0.337 e. The number of benzene rings is 1. The van der Waals surface area contributed by atoms with Crippen LogP contribution in [0.25, 0.3) is 0 Å². The number of aromatic nitrogens is 1. The second-order valence-corrected chi connectivity index (χ2v) is 4.11. The maximum absolute atomic E-state index is 11.1. The first-order valence-corrected chi connectivity index (χ1v) is 5.77. The lowest BCUT2D eigenvalue weighted by atomic mass is 10.2. The van der Waals surface area contributed by atoms with Gasteiger partial charge in [-0.2, -0.15) is 0 Å². The normalized spacial score (nSPS) is 10.0. The van der Waals surface area contributed by atoms with Gasteiger partial charge < -0.3 is 15.2 Å². The van der Waals surface area contributed by atoms with Crippen molar-refractivity contribution >= 4 is 28.9 Å². The Morgan fingerprint density at radius 2 is 2.21 bits per heavy atom. The predicted octanol–water partition coefficient (Wildman–Crippen LogP) is 3.19. The third-order valence-electron chi connectivity index (χ3n) is 2.48. The van der Waals surface area contributed by atoms with Crippen LogP contribution in [0.3, 0.4) is 0 Å². The minimum absolute atomic E-state index is 0.141. The number of nitrogens with one attached hydrogen (secondary N) is 1. The van der Waals surface area contributed by atoms with Gasteiger partial charge in [-0.25, -0.2) is 4.79 Å². The van der Waals surface area contributed by atoms with Crippen molar-refractivity contribution in [3.63, 3.8) is 0 Å². The molecule has 2 aromatic rings. The molecule has 0 amide bonds. The Balaban J connectivity index is 2.31. The Bertz CT molecular complexity index is 617. The van der Waals surface area contributed by atoms with E-state index >= 15 is 0 Å². The number of pyridine rings is 1. The van der Waals surface area contributed by atoms with E-state index in [0.717, 1.165) is 0 Å². The van der Waals surface area contributed by atoms with Gasteiger partial charge in [0.1, 0.15) is 5.75 Å². The lowest BCUT2D eigenvalue weighted by Gasteiger charge is -2.10. The van der Waals surface area contributed by atoms with Gasteiger partial charge in [0.25, 0.3) is 0 Å². The first kappa shape index (κ1) is 13.2. The van der Waals surface area contributed by atoms with E-state index in [4.69, 9.17) is 21.4 Å². The molecule has 0 unspecified atom stereocenters. The average Bonchev–Trinajstić information content (AvgIpc) is 2.39. The van der Waals surface area contributed by atoms with E-state index in [9.17, 15) is 4.79 Å². The fraction of sp³-hybridized carbons (Fsp3) is 0.0769. The number of rotatable bonds is 4. The van der Waals surface area contributed by atoms with Gasteiger partial charge in [-0.15, -0.1) is 0 Å². The van der Waals surface area contributed by atoms with Gasteiger partial charge in [-0.3, -0.25) is 4.98 Å². The molecule has 0 aliphatic heterocycles. The van der Waals surface area contributed by atoms with Crippen LogP contribution in [0.15, 0.2) is 36.7 Å². The second-order valence-electron chi connectivity index (χ2n) is 3.70. The Morgan fingerprint density at radius 1 is 1.42 bits per heavy atom. The largest absolute Gasteiger partial charge is 0.495 e. The highest BCUT2D eigenvalue weighted by Crippen LogP contribution is 2.29. The Morgan fingerprint density at radius 3 is 2.84 bits per heavy atom. The van der Waals surface area contributed by atoms with Crippen LogP contribution < -0.4 is 10.1 Å². The van der Waals surface area contributed by atoms with Gasteiger partial charge in [0.15, 0.2) is 0 Å². The fourth-order valence-electron chi connectivity index (χ4n) is 1.58. The molecule has 19 heavy (non-hydrogen) atoms. The first-order valence-electron chi connectivity index (χ1n) is 5.39. The van der Waals surface area contributed by atoms with Gasteiger partial charge in [0.2, 0.25) is 0 Å². The monoisotopic (exact) mass is 278 g/mol. The zero-order valence-electron chi connectivity index (χ0n) is 10.1. The molecule has 1 heterocycles. The molecule has 1 aromatic carbocycles. The molecular weight excluding hydrogens is 268 g/mol. The molecule has 0 spiro atoms. The van der Waals surface area contributed by atoms with Crippen LogP contribution in [0.1, 0.15) is 10.4 Å². The van der Waals surface area contributed by atoms with E-state index in [0.29, 0.717) is 22.1 Å². The van der Waals surface area contributed by atoms with Crippen molar-refractivity contribution in [1.29, 1.82) is 0 Å². The van der Waals surface area contributed by atoms with Gasteiger partial charge in [0.05, 0.1) is 29.6 Å². The third-order valence-corrected chi connectivity index (χ3v) is 2.78. The maximum atomic E-state index is 11.1. The molecule has 0 aliphatic rings. The minimum atomic E-state index is -1.02. The summed E-state index contributed by atoms with van der Waals surface area (Å²) in [6.45, 7) is 0. The molecule has 2 N–H and O–H groups in total. The number of ether oxygens (including phenoxy) is 1. The van der Waals surface area contributed by atoms with Crippen LogP contribution in [0.2, 0.25) is 5.02 Å². The molecule has 0 saturated carbocycles. The van der Waals surface area contributed by atoms with Gasteiger partial charge >= 0.3 is 5.97 Å². The zero-order valence-corrected chi connectivity index (χ0v) is 10.8. The average molecular weight is 279 g/mol. The Kier molecular flexibility index (Phi) is 3.87. The van der Waals surface area contributed by atoms with Crippen molar-refractivity contribution in [2.24, 2.45) is 0 Å². The van der Waals surface area contributed by atoms with Crippen LogP contribution in [-0.4, -0.2) is 23.2 Å². The standard InChI is InChI=1S/C13H11ClN2O3/c1-19-12-3-2-8(6-10(12)14)16-11-7-15-5-4-9(11)13(17)18/h2-7,16H,1H3,(H,17,18). The van der Waals surface area contributed by atoms with Crippen LogP contribution in [0.4, 0.5) is 11.4 Å². The molecular formula is C13H11ClN2O3. The summed E-state index contributed by atoms with van der Waals surface area (Å²) in [6, 6.07) is 6.51.